The van der Waals surface area contributed by atoms with E-state index in [1.165, 1.54) is 11.0 Å². The van der Waals surface area contributed by atoms with Crippen LogP contribution >= 0.6 is 0 Å². The van der Waals surface area contributed by atoms with Gasteiger partial charge in [-0.1, -0.05) is 45.1 Å². The van der Waals surface area contributed by atoms with Crippen molar-refractivity contribution >= 4 is 5.97 Å². The topological polar surface area (TPSA) is 40.5 Å². The summed E-state index contributed by atoms with van der Waals surface area (Å²) in [6.07, 6.45) is -9.52. The average Bonchev–Trinajstić information content (AvgIpc) is 2.67. The van der Waals surface area contributed by atoms with E-state index in [4.69, 9.17) is 0 Å². The molecular formula is C24H29F8NO2. The summed E-state index contributed by atoms with van der Waals surface area (Å²) in [4.78, 5) is 12.8. The SMILES string of the molecule is CC(C)(C)/C=C/[C@H](CCC(F)(F)F)N1CCC(F)(F)[C@H](CC(=O)O)[C@H]1c1ccc(C(F)(F)F)cc1. The van der Waals surface area contributed by atoms with Gasteiger partial charge in [0.05, 0.1) is 17.9 Å². The van der Waals surface area contributed by atoms with E-state index >= 15 is 0 Å². The maximum Gasteiger partial charge on any atom is 0.416 e. The molecule has 3 nitrogen and oxygen atoms in total. The molecule has 1 saturated heterocycles. The highest BCUT2D eigenvalue weighted by atomic mass is 19.4. The molecule has 0 amide bonds. The Labute approximate surface area is 198 Å². The second-order valence-corrected chi connectivity index (χ2v) is 9.96. The minimum atomic E-state index is -4.68. The molecule has 1 heterocycles. The molecule has 0 saturated carbocycles. The van der Waals surface area contributed by atoms with E-state index in [0.717, 1.165) is 12.1 Å². The summed E-state index contributed by atoms with van der Waals surface area (Å²) >= 11 is 0. The normalized spacial score (nSPS) is 22.9. The second-order valence-electron chi connectivity index (χ2n) is 9.96. The predicted octanol–water partition coefficient (Wildman–Crippen LogP) is 7.49. The fourth-order valence-electron chi connectivity index (χ4n) is 4.26. The van der Waals surface area contributed by atoms with E-state index in [1.54, 1.807) is 26.8 Å². The average molecular weight is 515 g/mol. The molecule has 11 heteroatoms. The number of rotatable bonds is 7. The molecular weight excluding hydrogens is 486 g/mol. The summed E-state index contributed by atoms with van der Waals surface area (Å²) in [6.45, 7) is 5.05. The number of alkyl halides is 8. The van der Waals surface area contributed by atoms with E-state index in [9.17, 15) is 45.0 Å². The first-order valence-corrected chi connectivity index (χ1v) is 11.1. The van der Waals surface area contributed by atoms with Gasteiger partial charge in [-0.05, 0) is 29.5 Å². The van der Waals surface area contributed by atoms with E-state index in [0.29, 0.717) is 12.1 Å². The first-order chi connectivity index (χ1) is 15.8. The molecule has 1 N–H and O–H groups in total. The smallest absolute Gasteiger partial charge is 0.416 e. The molecule has 1 aromatic carbocycles. The highest BCUT2D eigenvalue weighted by Gasteiger charge is 2.52. The number of nitrogens with zero attached hydrogens (tertiary/aromatic N) is 1. The van der Waals surface area contributed by atoms with Crippen LogP contribution < -0.4 is 0 Å². The second kappa shape index (κ2) is 10.4. The third kappa shape index (κ3) is 8.47. The fourth-order valence-corrected chi connectivity index (χ4v) is 4.26. The van der Waals surface area contributed by atoms with E-state index in [1.807, 2.05) is 0 Å². The van der Waals surface area contributed by atoms with Gasteiger partial charge in [0.15, 0.2) is 0 Å². The summed E-state index contributed by atoms with van der Waals surface area (Å²) in [6, 6.07) is 0.994. The van der Waals surface area contributed by atoms with Crippen LogP contribution in [0, 0.1) is 11.3 Å². The van der Waals surface area contributed by atoms with Crippen LogP contribution in [0.25, 0.3) is 0 Å². The third-order valence-electron chi connectivity index (χ3n) is 5.93. The van der Waals surface area contributed by atoms with Crippen molar-refractivity contribution in [2.45, 2.75) is 76.8 Å². The molecule has 1 fully saturated rings. The van der Waals surface area contributed by atoms with Crippen LogP contribution in [0.5, 0.6) is 0 Å². The number of benzene rings is 1. The number of carbonyl (C=O) groups is 1. The van der Waals surface area contributed by atoms with Crippen molar-refractivity contribution in [2.24, 2.45) is 11.3 Å². The molecule has 0 bridgehead atoms. The van der Waals surface area contributed by atoms with Gasteiger partial charge in [-0.2, -0.15) is 26.3 Å². The zero-order valence-electron chi connectivity index (χ0n) is 19.6. The van der Waals surface area contributed by atoms with Crippen molar-refractivity contribution in [3.05, 3.63) is 47.5 Å². The summed E-state index contributed by atoms with van der Waals surface area (Å²) in [5, 5.41) is 9.30. The first kappa shape index (κ1) is 29.1. The van der Waals surface area contributed by atoms with E-state index < -0.39 is 78.9 Å². The lowest BCUT2D eigenvalue weighted by Gasteiger charge is -2.48. The van der Waals surface area contributed by atoms with Crippen molar-refractivity contribution in [1.29, 1.82) is 0 Å². The van der Waals surface area contributed by atoms with Crippen molar-refractivity contribution in [3.63, 3.8) is 0 Å². The van der Waals surface area contributed by atoms with E-state index in [-0.39, 0.29) is 12.1 Å². The monoisotopic (exact) mass is 515 g/mol. The van der Waals surface area contributed by atoms with Gasteiger partial charge in [0.1, 0.15) is 0 Å². The third-order valence-corrected chi connectivity index (χ3v) is 5.93. The zero-order valence-corrected chi connectivity index (χ0v) is 19.6. The van der Waals surface area contributed by atoms with Gasteiger partial charge < -0.3 is 5.11 Å². The number of carboxylic acids is 1. The van der Waals surface area contributed by atoms with Gasteiger partial charge in [0, 0.05) is 31.5 Å². The summed E-state index contributed by atoms with van der Waals surface area (Å²) in [7, 11) is 0. The molecule has 0 aromatic heterocycles. The van der Waals surface area contributed by atoms with Gasteiger partial charge in [-0.3, -0.25) is 9.69 Å². The predicted molar refractivity (Wildman–Crippen MR) is 114 cm³/mol. The molecule has 0 radical (unpaired) electrons. The molecule has 0 spiro atoms. The molecule has 3 atom stereocenters. The van der Waals surface area contributed by atoms with Gasteiger partial charge in [0.2, 0.25) is 0 Å². The van der Waals surface area contributed by atoms with Crippen molar-refractivity contribution in [3.8, 4) is 0 Å². The molecule has 2 rings (SSSR count). The Bertz CT molecular complexity index is 885. The minimum absolute atomic E-state index is 0.00945. The van der Waals surface area contributed by atoms with Crippen LogP contribution in [-0.2, 0) is 11.0 Å². The number of carboxylic acid groups (broad SMARTS) is 1. The Balaban J connectivity index is 2.60. The Morgan fingerprint density at radius 2 is 1.69 bits per heavy atom. The molecule has 1 aliphatic rings. The Morgan fingerprint density at radius 3 is 2.14 bits per heavy atom. The minimum Gasteiger partial charge on any atom is -0.481 e. The maximum absolute atomic E-state index is 15.0. The Morgan fingerprint density at radius 1 is 1.11 bits per heavy atom. The van der Waals surface area contributed by atoms with Crippen LogP contribution in [0.1, 0.15) is 63.6 Å². The lowest BCUT2D eigenvalue weighted by atomic mass is 9.78. The lowest BCUT2D eigenvalue weighted by molar-refractivity contribution is -0.164. The number of likely N-dealkylation sites (tertiary alicyclic amines) is 1. The molecule has 0 aliphatic carbocycles. The van der Waals surface area contributed by atoms with Gasteiger partial charge in [-0.25, -0.2) is 8.78 Å². The van der Waals surface area contributed by atoms with Gasteiger partial charge in [0.25, 0.3) is 5.92 Å². The summed E-state index contributed by atoms with van der Waals surface area (Å²) in [5.41, 5.74) is -1.48. The number of hydrogen-bond acceptors (Lipinski definition) is 2. The zero-order chi connectivity index (χ0) is 26.8. The van der Waals surface area contributed by atoms with Crippen LogP contribution in [0.4, 0.5) is 35.1 Å². The molecule has 1 aliphatic heterocycles. The summed E-state index contributed by atoms with van der Waals surface area (Å²) < 4.78 is 108. The Kier molecular flexibility index (Phi) is 8.67. The number of hydrogen-bond donors (Lipinski definition) is 1. The fraction of sp³-hybridized carbons (Fsp3) is 0.625. The van der Waals surface area contributed by atoms with Crippen molar-refractivity contribution in [2.75, 3.05) is 6.54 Å². The summed E-state index contributed by atoms with van der Waals surface area (Å²) in [5.74, 6) is -6.86. The molecule has 198 valence electrons. The standard InChI is InChI=1S/C24H29F8NO2/c1-21(2,3)10-8-17(9-11-23(27,28)29)33-13-12-22(25,26)18(14-19(34)35)20(33)15-4-6-16(7-5-15)24(30,31)32/h4-8,10,17-18,20H,9,11-14H2,1-3H3,(H,34,35)/b10-8+/t17-,18-,20-/m1/s1. The number of piperidine rings is 1. The van der Waals surface area contributed by atoms with Crippen LogP contribution in [-0.4, -0.2) is 40.7 Å². The first-order valence-electron chi connectivity index (χ1n) is 11.1. The van der Waals surface area contributed by atoms with Gasteiger partial charge in [-0.15, -0.1) is 0 Å². The highest BCUT2D eigenvalue weighted by Crippen LogP contribution is 2.48. The lowest BCUT2D eigenvalue weighted by Crippen LogP contribution is -2.53. The number of allylic oxidation sites excluding steroid dienone is 1. The number of aliphatic carboxylic acids is 1. The quantitative estimate of drug-likeness (QED) is 0.302. The largest absolute Gasteiger partial charge is 0.481 e. The van der Waals surface area contributed by atoms with Crippen LogP contribution in [0.2, 0.25) is 0 Å². The van der Waals surface area contributed by atoms with Crippen LogP contribution in [0.15, 0.2) is 36.4 Å². The Hall–Kier alpha value is -2.17. The number of halogens is 8. The van der Waals surface area contributed by atoms with Crippen molar-refractivity contribution in [1.82, 2.24) is 4.90 Å². The maximum atomic E-state index is 15.0. The molecule has 0 unspecified atom stereocenters. The van der Waals surface area contributed by atoms with Crippen molar-refractivity contribution < 1.29 is 45.0 Å². The van der Waals surface area contributed by atoms with Gasteiger partial charge >= 0.3 is 18.3 Å². The highest BCUT2D eigenvalue weighted by molar-refractivity contribution is 5.67. The molecule has 1 aromatic rings. The molecule has 35 heavy (non-hydrogen) atoms. The van der Waals surface area contributed by atoms with Crippen LogP contribution in [0.3, 0.4) is 0 Å². The van der Waals surface area contributed by atoms with E-state index in [2.05, 4.69) is 0 Å².